The highest BCUT2D eigenvalue weighted by molar-refractivity contribution is 7.89. The Kier molecular flexibility index (Phi) is 5.44. The number of halogens is 1. The van der Waals surface area contributed by atoms with E-state index >= 15 is 0 Å². The molecule has 0 aromatic heterocycles. The summed E-state index contributed by atoms with van der Waals surface area (Å²) in [4.78, 5) is 0.194. The molecule has 0 saturated heterocycles. The monoisotopic (exact) mass is 291 g/mol. The van der Waals surface area contributed by atoms with Gasteiger partial charge in [-0.15, -0.1) is 0 Å². The minimum Gasteiger partial charge on any atom is -0.492 e. The first-order chi connectivity index (χ1) is 8.47. The fourth-order valence-electron chi connectivity index (χ4n) is 1.63. The summed E-state index contributed by atoms with van der Waals surface area (Å²) in [5, 5.41) is 0.310. The number of rotatable bonds is 6. The van der Waals surface area contributed by atoms with Crippen LogP contribution in [0.15, 0.2) is 23.1 Å². The summed E-state index contributed by atoms with van der Waals surface area (Å²) >= 11 is 6.00. The van der Waals surface area contributed by atoms with Gasteiger partial charge in [-0.3, -0.25) is 0 Å². The minimum atomic E-state index is -3.46. The zero-order chi connectivity index (χ0) is 13.8. The van der Waals surface area contributed by atoms with Crippen molar-refractivity contribution in [2.45, 2.75) is 25.7 Å². The van der Waals surface area contributed by atoms with Gasteiger partial charge >= 0.3 is 0 Å². The van der Waals surface area contributed by atoms with Crippen LogP contribution in [-0.4, -0.2) is 32.4 Å². The molecule has 0 atom stereocenters. The van der Waals surface area contributed by atoms with Gasteiger partial charge in [0.1, 0.15) is 5.75 Å². The third-order valence-electron chi connectivity index (χ3n) is 2.55. The van der Waals surface area contributed by atoms with Crippen molar-refractivity contribution in [1.29, 1.82) is 0 Å². The summed E-state index contributed by atoms with van der Waals surface area (Å²) in [5.41, 5.74) is 0. The van der Waals surface area contributed by atoms with E-state index in [4.69, 9.17) is 16.3 Å². The molecule has 1 aromatic carbocycles. The smallest absolute Gasteiger partial charge is 0.243 e. The highest BCUT2D eigenvalue weighted by Crippen LogP contribution is 2.28. The predicted octanol–water partition coefficient (Wildman–Crippen LogP) is 2.77. The molecular formula is C12H18ClNO3S. The molecule has 0 aliphatic heterocycles. The predicted molar refractivity (Wildman–Crippen MR) is 72.7 cm³/mol. The molecule has 0 amide bonds. The van der Waals surface area contributed by atoms with Gasteiger partial charge in [0.2, 0.25) is 10.0 Å². The molecule has 0 aliphatic carbocycles. The second-order valence-corrected chi connectivity index (χ2v) is 5.96. The Labute approximate surface area is 114 Å². The van der Waals surface area contributed by atoms with Gasteiger partial charge in [0.15, 0.2) is 0 Å². The summed E-state index contributed by atoms with van der Waals surface area (Å²) in [6.07, 6.45) is 0. The van der Waals surface area contributed by atoms with Crippen molar-refractivity contribution in [3.8, 4) is 5.75 Å². The first-order valence-corrected chi connectivity index (χ1v) is 7.71. The molecule has 102 valence electrons. The topological polar surface area (TPSA) is 46.6 Å². The number of hydrogen-bond acceptors (Lipinski definition) is 3. The van der Waals surface area contributed by atoms with Gasteiger partial charge in [0.05, 0.1) is 16.5 Å². The molecule has 0 heterocycles. The maximum Gasteiger partial charge on any atom is 0.243 e. The van der Waals surface area contributed by atoms with E-state index in [0.717, 1.165) is 0 Å². The lowest BCUT2D eigenvalue weighted by atomic mass is 10.3. The van der Waals surface area contributed by atoms with Crippen LogP contribution >= 0.6 is 11.6 Å². The lowest BCUT2D eigenvalue weighted by Crippen LogP contribution is -2.30. The molecule has 0 N–H and O–H groups in total. The van der Waals surface area contributed by atoms with E-state index in [-0.39, 0.29) is 4.90 Å². The molecule has 0 bridgehead atoms. The van der Waals surface area contributed by atoms with Crippen molar-refractivity contribution in [3.63, 3.8) is 0 Å². The summed E-state index contributed by atoms with van der Waals surface area (Å²) in [7, 11) is -3.46. The Morgan fingerprint density at radius 3 is 2.28 bits per heavy atom. The Morgan fingerprint density at radius 2 is 1.83 bits per heavy atom. The molecular weight excluding hydrogens is 274 g/mol. The zero-order valence-electron chi connectivity index (χ0n) is 10.8. The molecule has 1 rings (SSSR count). The Balaban J connectivity index is 3.15. The van der Waals surface area contributed by atoms with Crippen molar-refractivity contribution in [2.75, 3.05) is 19.7 Å². The molecule has 18 heavy (non-hydrogen) atoms. The number of ether oxygens (including phenoxy) is 1. The molecule has 0 radical (unpaired) electrons. The third kappa shape index (κ3) is 3.16. The third-order valence-corrected chi connectivity index (χ3v) is 4.89. The van der Waals surface area contributed by atoms with Crippen LogP contribution in [0.3, 0.4) is 0 Å². The lowest BCUT2D eigenvalue weighted by molar-refractivity contribution is 0.340. The van der Waals surface area contributed by atoms with Crippen LogP contribution in [0.5, 0.6) is 5.75 Å². The van der Waals surface area contributed by atoms with E-state index < -0.39 is 10.0 Å². The van der Waals surface area contributed by atoms with Crippen molar-refractivity contribution < 1.29 is 13.2 Å². The van der Waals surface area contributed by atoms with E-state index in [0.29, 0.717) is 30.5 Å². The van der Waals surface area contributed by atoms with Crippen LogP contribution in [0.25, 0.3) is 0 Å². The second-order valence-electron chi connectivity index (χ2n) is 3.61. The SMILES string of the molecule is CCOc1ccc(S(=O)(=O)N(CC)CC)cc1Cl. The Morgan fingerprint density at radius 1 is 1.22 bits per heavy atom. The van der Waals surface area contributed by atoms with Gasteiger partial charge in [0, 0.05) is 13.1 Å². The van der Waals surface area contributed by atoms with Gasteiger partial charge in [-0.05, 0) is 25.1 Å². The van der Waals surface area contributed by atoms with Gasteiger partial charge in [-0.25, -0.2) is 8.42 Å². The normalized spacial score (nSPS) is 11.8. The number of benzene rings is 1. The fourth-order valence-corrected chi connectivity index (χ4v) is 3.41. The van der Waals surface area contributed by atoms with Crippen molar-refractivity contribution >= 4 is 21.6 Å². The number of hydrogen-bond donors (Lipinski definition) is 0. The second kappa shape index (κ2) is 6.41. The average molecular weight is 292 g/mol. The summed E-state index contributed by atoms with van der Waals surface area (Å²) in [5.74, 6) is 0.498. The zero-order valence-corrected chi connectivity index (χ0v) is 12.4. The molecule has 0 saturated carbocycles. The molecule has 0 unspecified atom stereocenters. The minimum absolute atomic E-state index is 0.194. The van der Waals surface area contributed by atoms with E-state index in [1.807, 2.05) is 6.92 Å². The number of sulfonamides is 1. The standard InChI is InChI=1S/C12H18ClNO3S/c1-4-14(5-2)18(15,16)10-7-8-12(17-6-3)11(13)9-10/h7-9H,4-6H2,1-3H3. The first-order valence-electron chi connectivity index (χ1n) is 5.89. The van der Waals surface area contributed by atoms with Crippen LogP contribution in [-0.2, 0) is 10.0 Å². The molecule has 4 nitrogen and oxygen atoms in total. The van der Waals surface area contributed by atoms with Crippen LogP contribution in [0.1, 0.15) is 20.8 Å². The molecule has 0 aliphatic rings. The van der Waals surface area contributed by atoms with Crippen molar-refractivity contribution in [1.82, 2.24) is 4.31 Å². The maximum atomic E-state index is 12.2. The Hall–Kier alpha value is -0.780. The van der Waals surface area contributed by atoms with Crippen LogP contribution < -0.4 is 4.74 Å². The lowest BCUT2D eigenvalue weighted by Gasteiger charge is -2.18. The maximum absolute atomic E-state index is 12.2. The van der Waals surface area contributed by atoms with E-state index in [9.17, 15) is 8.42 Å². The van der Waals surface area contributed by atoms with Gasteiger partial charge in [-0.2, -0.15) is 4.31 Å². The van der Waals surface area contributed by atoms with E-state index in [1.165, 1.54) is 16.4 Å². The van der Waals surface area contributed by atoms with E-state index in [2.05, 4.69) is 0 Å². The summed E-state index contributed by atoms with van der Waals surface area (Å²) in [6, 6.07) is 4.53. The highest BCUT2D eigenvalue weighted by Gasteiger charge is 2.22. The highest BCUT2D eigenvalue weighted by atomic mass is 35.5. The largest absolute Gasteiger partial charge is 0.492 e. The van der Waals surface area contributed by atoms with Gasteiger partial charge in [0.25, 0.3) is 0 Å². The molecule has 1 aromatic rings. The first kappa shape index (κ1) is 15.3. The number of nitrogens with zero attached hydrogens (tertiary/aromatic N) is 1. The Bertz CT molecular complexity index is 498. The molecule has 0 spiro atoms. The molecule has 6 heteroatoms. The fraction of sp³-hybridized carbons (Fsp3) is 0.500. The summed E-state index contributed by atoms with van der Waals surface area (Å²) < 4.78 is 31.1. The molecule has 0 fully saturated rings. The van der Waals surface area contributed by atoms with Crippen LogP contribution in [0.4, 0.5) is 0 Å². The van der Waals surface area contributed by atoms with Crippen LogP contribution in [0.2, 0.25) is 5.02 Å². The average Bonchev–Trinajstić information content (AvgIpc) is 2.33. The van der Waals surface area contributed by atoms with Crippen LogP contribution in [0, 0.1) is 0 Å². The van der Waals surface area contributed by atoms with Gasteiger partial charge < -0.3 is 4.74 Å². The quantitative estimate of drug-likeness (QED) is 0.810. The van der Waals surface area contributed by atoms with Crippen molar-refractivity contribution in [2.24, 2.45) is 0 Å². The van der Waals surface area contributed by atoms with Crippen molar-refractivity contribution in [3.05, 3.63) is 23.2 Å². The van der Waals surface area contributed by atoms with E-state index in [1.54, 1.807) is 19.9 Å². The summed E-state index contributed by atoms with van der Waals surface area (Å²) in [6.45, 7) is 6.81. The van der Waals surface area contributed by atoms with Gasteiger partial charge in [-0.1, -0.05) is 25.4 Å².